The van der Waals surface area contributed by atoms with E-state index in [-0.39, 0.29) is 0 Å². The van der Waals surface area contributed by atoms with Gasteiger partial charge in [0.25, 0.3) is 0 Å². The molecule has 78 valence electrons. The van der Waals surface area contributed by atoms with Gasteiger partial charge in [-0.25, -0.2) is 4.79 Å². The van der Waals surface area contributed by atoms with E-state index in [1.165, 1.54) is 22.7 Å². The summed E-state index contributed by atoms with van der Waals surface area (Å²) in [7, 11) is 0. The lowest BCUT2D eigenvalue weighted by molar-refractivity contribution is 0.0702. The van der Waals surface area contributed by atoms with Crippen LogP contribution in [-0.2, 0) is 0 Å². The smallest absolute Gasteiger partial charge is 0.345 e. The van der Waals surface area contributed by atoms with Gasteiger partial charge < -0.3 is 5.11 Å². The largest absolute Gasteiger partial charge is 0.477 e. The third kappa shape index (κ3) is 4.05. The van der Waals surface area contributed by atoms with Crippen molar-refractivity contribution in [3.05, 3.63) is 44.8 Å². The van der Waals surface area contributed by atoms with E-state index >= 15 is 0 Å². The van der Waals surface area contributed by atoms with Crippen molar-refractivity contribution in [2.75, 3.05) is 0 Å². The molecule has 3 nitrogen and oxygen atoms in total. The van der Waals surface area contributed by atoms with Crippen molar-refractivity contribution in [1.29, 1.82) is 0 Å². The molecule has 1 N–H and O–H groups in total. The molecule has 2 aromatic heterocycles. The number of carbonyl (C=O) groups is 2. The fraction of sp³-hybridized carbons (Fsp3) is 0. The molecule has 5 heteroatoms. The van der Waals surface area contributed by atoms with E-state index in [0.29, 0.717) is 4.88 Å². The predicted octanol–water partition coefficient (Wildman–Crippen LogP) is 3.01. The average molecular weight is 240 g/mol. The second-order valence-corrected chi connectivity index (χ2v) is 4.34. The predicted molar refractivity (Wildman–Crippen MR) is 61.0 cm³/mol. The van der Waals surface area contributed by atoms with Crippen LogP contribution < -0.4 is 0 Å². The second kappa shape index (κ2) is 6.10. The monoisotopic (exact) mass is 240 g/mol. The molecule has 0 aromatic carbocycles. The van der Waals surface area contributed by atoms with Crippen LogP contribution in [0.3, 0.4) is 0 Å². The summed E-state index contributed by atoms with van der Waals surface area (Å²) in [5, 5.41) is 11.9. The Morgan fingerprint density at radius 1 is 1.20 bits per heavy atom. The zero-order valence-electron chi connectivity index (χ0n) is 7.62. The first-order valence-electron chi connectivity index (χ1n) is 3.99. The van der Waals surface area contributed by atoms with Crippen LogP contribution in [0.1, 0.15) is 19.3 Å². The van der Waals surface area contributed by atoms with Gasteiger partial charge in [0.15, 0.2) is 6.29 Å². The molecular weight excluding hydrogens is 232 g/mol. The highest BCUT2D eigenvalue weighted by Gasteiger charge is 1.99. The van der Waals surface area contributed by atoms with E-state index in [2.05, 4.69) is 0 Å². The van der Waals surface area contributed by atoms with Gasteiger partial charge in [0.1, 0.15) is 4.88 Å². The summed E-state index contributed by atoms with van der Waals surface area (Å²) >= 11 is 2.69. The maximum atomic E-state index is 10.1. The SMILES string of the molecule is O=C(O)c1cccs1.O=Cc1cccs1. The third-order valence-corrected chi connectivity index (χ3v) is 3.05. The van der Waals surface area contributed by atoms with Crippen LogP contribution in [-0.4, -0.2) is 17.4 Å². The van der Waals surface area contributed by atoms with E-state index in [1.807, 2.05) is 11.4 Å². The first-order chi connectivity index (χ1) is 7.24. The molecule has 0 aliphatic rings. The Hall–Kier alpha value is -1.46. The van der Waals surface area contributed by atoms with Crippen LogP contribution >= 0.6 is 22.7 Å². The van der Waals surface area contributed by atoms with Gasteiger partial charge in [-0.1, -0.05) is 12.1 Å². The number of carboxylic acid groups (broad SMARTS) is 1. The molecule has 0 unspecified atom stereocenters. The van der Waals surface area contributed by atoms with Crippen molar-refractivity contribution >= 4 is 34.9 Å². The number of hydrogen-bond donors (Lipinski definition) is 1. The second-order valence-electron chi connectivity index (χ2n) is 2.42. The summed E-state index contributed by atoms with van der Waals surface area (Å²) in [6.45, 7) is 0. The molecule has 0 aliphatic carbocycles. The number of aldehydes is 1. The van der Waals surface area contributed by atoms with Crippen LogP contribution in [0.15, 0.2) is 35.0 Å². The maximum absolute atomic E-state index is 10.1. The molecule has 0 bridgehead atoms. The van der Waals surface area contributed by atoms with Crippen molar-refractivity contribution in [2.45, 2.75) is 0 Å². The molecule has 15 heavy (non-hydrogen) atoms. The molecule has 0 radical (unpaired) electrons. The van der Waals surface area contributed by atoms with Gasteiger partial charge in [-0.15, -0.1) is 22.7 Å². The number of thiophene rings is 2. The molecular formula is C10H8O3S2. The topological polar surface area (TPSA) is 54.4 Å². The fourth-order valence-electron chi connectivity index (χ4n) is 0.759. The molecule has 0 spiro atoms. The first-order valence-corrected chi connectivity index (χ1v) is 5.75. The highest BCUT2D eigenvalue weighted by molar-refractivity contribution is 7.12. The van der Waals surface area contributed by atoms with E-state index in [9.17, 15) is 9.59 Å². The number of carbonyl (C=O) groups excluding carboxylic acids is 1. The van der Waals surface area contributed by atoms with Crippen molar-refractivity contribution in [3.63, 3.8) is 0 Å². The van der Waals surface area contributed by atoms with Crippen LogP contribution in [0, 0.1) is 0 Å². The van der Waals surface area contributed by atoms with Crippen molar-refractivity contribution in [3.8, 4) is 0 Å². The summed E-state index contributed by atoms with van der Waals surface area (Å²) in [5.41, 5.74) is 0. The lowest BCUT2D eigenvalue weighted by Gasteiger charge is -1.78. The molecule has 2 rings (SSSR count). The van der Waals surface area contributed by atoms with Gasteiger partial charge in [-0.05, 0) is 22.9 Å². The standard InChI is InChI=1S/C5H4O2S.C5H4OS/c6-5(7)4-2-1-3-8-4;6-4-5-2-1-3-7-5/h1-3H,(H,6,7);1-4H. The lowest BCUT2D eigenvalue weighted by atomic mass is 10.5. The van der Waals surface area contributed by atoms with Crippen molar-refractivity contribution < 1.29 is 14.7 Å². The third-order valence-electron chi connectivity index (χ3n) is 1.39. The van der Waals surface area contributed by atoms with E-state index in [0.717, 1.165) is 11.2 Å². The molecule has 0 fully saturated rings. The molecule has 0 saturated heterocycles. The number of hydrogen-bond acceptors (Lipinski definition) is 4. The molecule has 2 heterocycles. The Labute approximate surface area is 94.6 Å². The van der Waals surface area contributed by atoms with E-state index in [4.69, 9.17) is 5.11 Å². The van der Waals surface area contributed by atoms with Crippen molar-refractivity contribution in [1.82, 2.24) is 0 Å². The van der Waals surface area contributed by atoms with Gasteiger partial charge in [0, 0.05) is 0 Å². The zero-order chi connectivity index (χ0) is 11.1. The summed E-state index contributed by atoms with van der Waals surface area (Å²) in [6.07, 6.45) is 0.852. The van der Waals surface area contributed by atoms with Crippen LogP contribution in [0.2, 0.25) is 0 Å². The highest BCUT2D eigenvalue weighted by atomic mass is 32.1. The lowest BCUT2D eigenvalue weighted by Crippen LogP contribution is -1.89. The number of carboxylic acids is 1. The summed E-state index contributed by atoms with van der Waals surface area (Å²) < 4.78 is 0. The van der Waals surface area contributed by atoms with Crippen molar-refractivity contribution in [2.24, 2.45) is 0 Å². The molecule has 0 saturated carbocycles. The Bertz CT molecular complexity index is 404. The molecule has 2 aromatic rings. The quantitative estimate of drug-likeness (QED) is 0.821. The Morgan fingerprint density at radius 2 is 1.87 bits per heavy atom. The van der Waals surface area contributed by atoms with Gasteiger partial charge in [0.2, 0.25) is 0 Å². The Morgan fingerprint density at radius 3 is 2.13 bits per heavy atom. The van der Waals surface area contributed by atoms with E-state index < -0.39 is 5.97 Å². The Balaban J connectivity index is 0.000000151. The molecule has 0 atom stereocenters. The maximum Gasteiger partial charge on any atom is 0.345 e. The average Bonchev–Trinajstić information content (AvgIpc) is 2.92. The van der Waals surface area contributed by atoms with Gasteiger partial charge in [0.05, 0.1) is 4.88 Å². The summed E-state index contributed by atoms with van der Waals surface area (Å²) in [6, 6.07) is 6.94. The number of rotatable bonds is 2. The van der Waals surface area contributed by atoms with Gasteiger partial charge in [-0.3, -0.25) is 4.79 Å². The minimum Gasteiger partial charge on any atom is -0.477 e. The van der Waals surface area contributed by atoms with Crippen LogP contribution in [0.25, 0.3) is 0 Å². The minimum absolute atomic E-state index is 0.394. The zero-order valence-corrected chi connectivity index (χ0v) is 9.25. The van der Waals surface area contributed by atoms with Crippen LogP contribution in [0.4, 0.5) is 0 Å². The Kier molecular flexibility index (Phi) is 4.73. The molecule has 0 amide bonds. The van der Waals surface area contributed by atoms with Gasteiger partial charge in [-0.2, -0.15) is 0 Å². The van der Waals surface area contributed by atoms with Gasteiger partial charge >= 0.3 is 5.97 Å². The highest BCUT2D eigenvalue weighted by Crippen LogP contribution is 2.06. The number of aromatic carboxylic acids is 1. The molecule has 0 aliphatic heterocycles. The van der Waals surface area contributed by atoms with Crippen LogP contribution in [0.5, 0.6) is 0 Å². The fourth-order valence-corrected chi connectivity index (χ4v) is 1.85. The van der Waals surface area contributed by atoms with E-state index in [1.54, 1.807) is 23.6 Å². The summed E-state index contributed by atoms with van der Waals surface area (Å²) in [4.78, 5) is 21.1. The summed E-state index contributed by atoms with van der Waals surface area (Å²) in [5.74, 6) is -0.847. The minimum atomic E-state index is -0.847. The normalized spacial score (nSPS) is 8.80. The first kappa shape index (κ1) is 11.6.